The molecule has 1 aliphatic heterocycles. The molecule has 3 aromatic heterocycles. The maximum Gasteiger partial charge on any atom is 0.319 e. The number of anilines is 1. The highest BCUT2D eigenvalue weighted by Crippen LogP contribution is 2.34. The van der Waals surface area contributed by atoms with Gasteiger partial charge in [-0.1, -0.05) is 0 Å². The summed E-state index contributed by atoms with van der Waals surface area (Å²) in [6.45, 7) is 5.30. The molecule has 1 aliphatic rings. The van der Waals surface area contributed by atoms with Gasteiger partial charge in [0, 0.05) is 56.3 Å². The summed E-state index contributed by atoms with van der Waals surface area (Å²) in [4.78, 5) is 31.6. The van der Waals surface area contributed by atoms with Crippen molar-refractivity contribution in [1.82, 2.24) is 25.3 Å². The number of aromatic nitrogens is 4. The lowest BCUT2D eigenvalue weighted by Gasteiger charge is -2.33. The van der Waals surface area contributed by atoms with Crippen molar-refractivity contribution >= 4 is 32.6 Å². The number of aromatic amines is 1. The first-order valence-corrected chi connectivity index (χ1v) is 14.4. The van der Waals surface area contributed by atoms with E-state index in [1.165, 1.54) is 5.56 Å². The summed E-state index contributed by atoms with van der Waals surface area (Å²) in [7, 11) is -1.67. The van der Waals surface area contributed by atoms with Gasteiger partial charge in [0.25, 0.3) is 5.91 Å². The zero-order valence-electron chi connectivity index (χ0n) is 21.6. The Labute approximate surface area is 216 Å². The van der Waals surface area contributed by atoms with Crippen molar-refractivity contribution in [3.63, 3.8) is 0 Å². The van der Waals surface area contributed by atoms with Gasteiger partial charge in [-0.25, -0.2) is 13.4 Å². The molecule has 2 atom stereocenters. The SMILES string of the molecule is COC[C@@H](C)Oc1nc(C(=O)NC(C)CS(C)(=O)=O)cc(N2CCC(c3c[nH]c4ncccc34)CC2)n1. The van der Waals surface area contributed by atoms with Crippen molar-refractivity contribution in [2.45, 2.75) is 44.8 Å². The lowest BCUT2D eigenvalue weighted by molar-refractivity contribution is 0.0842. The fourth-order valence-electron chi connectivity index (χ4n) is 4.72. The fourth-order valence-corrected chi connectivity index (χ4v) is 5.71. The molecule has 1 saturated heterocycles. The summed E-state index contributed by atoms with van der Waals surface area (Å²) >= 11 is 0. The summed E-state index contributed by atoms with van der Waals surface area (Å²) in [5.41, 5.74) is 2.28. The summed E-state index contributed by atoms with van der Waals surface area (Å²) in [6, 6.07) is 5.18. The van der Waals surface area contributed by atoms with Gasteiger partial charge in [0.2, 0.25) is 0 Å². The minimum atomic E-state index is -3.25. The van der Waals surface area contributed by atoms with Crippen molar-refractivity contribution < 1.29 is 22.7 Å². The van der Waals surface area contributed by atoms with Gasteiger partial charge in [-0.2, -0.15) is 9.97 Å². The molecule has 12 heteroatoms. The van der Waals surface area contributed by atoms with Crippen LogP contribution in [0.15, 0.2) is 30.6 Å². The van der Waals surface area contributed by atoms with Crippen LogP contribution in [0.1, 0.15) is 48.7 Å². The molecule has 0 aliphatic carbocycles. The van der Waals surface area contributed by atoms with Crippen LogP contribution in [-0.4, -0.2) is 85.2 Å². The number of nitrogens with one attached hydrogen (secondary N) is 2. The van der Waals surface area contributed by atoms with Crippen LogP contribution in [0.3, 0.4) is 0 Å². The van der Waals surface area contributed by atoms with E-state index in [1.54, 1.807) is 26.3 Å². The molecule has 37 heavy (non-hydrogen) atoms. The summed E-state index contributed by atoms with van der Waals surface area (Å²) in [5.74, 6) is 0.329. The normalized spacial score (nSPS) is 16.5. The van der Waals surface area contributed by atoms with Gasteiger partial charge in [-0.05, 0) is 50.3 Å². The van der Waals surface area contributed by atoms with Crippen molar-refractivity contribution in [2.75, 3.05) is 43.7 Å². The highest BCUT2D eigenvalue weighted by atomic mass is 32.2. The van der Waals surface area contributed by atoms with Crippen LogP contribution < -0.4 is 15.0 Å². The Bertz CT molecular complexity index is 1340. The van der Waals surface area contributed by atoms with Gasteiger partial charge in [0.1, 0.15) is 33.1 Å². The number of ether oxygens (including phenoxy) is 2. The van der Waals surface area contributed by atoms with Crippen molar-refractivity contribution in [3.8, 4) is 6.01 Å². The van der Waals surface area contributed by atoms with E-state index in [-0.39, 0.29) is 23.6 Å². The van der Waals surface area contributed by atoms with E-state index in [4.69, 9.17) is 9.47 Å². The lowest BCUT2D eigenvalue weighted by atomic mass is 9.89. The quantitative estimate of drug-likeness (QED) is 0.404. The Morgan fingerprint density at radius 2 is 2.03 bits per heavy atom. The molecule has 0 bridgehead atoms. The van der Waals surface area contributed by atoms with Crippen LogP contribution >= 0.6 is 0 Å². The van der Waals surface area contributed by atoms with E-state index in [2.05, 4.69) is 36.2 Å². The van der Waals surface area contributed by atoms with Gasteiger partial charge < -0.3 is 24.7 Å². The minimum absolute atomic E-state index is 0.0767. The fraction of sp³-hybridized carbons (Fsp3) is 0.520. The highest BCUT2D eigenvalue weighted by Gasteiger charge is 2.26. The van der Waals surface area contributed by atoms with Crippen LogP contribution in [0.5, 0.6) is 6.01 Å². The first-order chi connectivity index (χ1) is 17.6. The molecule has 4 rings (SSSR count). The number of nitrogens with zero attached hydrogens (tertiary/aromatic N) is 4. The number of H-pyrrole nitrogens is 1. The maximum atomic E-state index is 13.0. The van der Waals surface area contributed by atoms with Crippen molar-refractivity contribution in [1.29, 1.82) is 0 Å². The number of methoxy groups -OCH3 is 1. The molecule has 4 heterocycles. The first kappa shape index (κ1) is 26.8. The van der Waals surface area contributed by atoms with E-state index in [1.807, 2.05) is 19.2 Å². The Hall–Kier alpha value is -3.25. The van der Waals surface area contributed by atoms with Crippen LogP contribution in [-0.2, 0) is 14.6 Å². The number of sulfone groups is 1. The largest absolute Gasteiger partial charge is 0.458 e. The predicted molar refractivity (Wildman–Crippen MR) is 141 cm³/mol. The number of carbonyl (C=O) groups excluding carboxylic acids is 1. The minimum Gasteiger partial charge on any atom is -0.458 e. The van der Waals surface area contributed by atoms with Crippen LogP contribution in [0.25, 0.3) is 11.0 Å². The third kappa shape index (κ3) is 6.95. The second-order valence-electron chi connectivity index (χ2n) is 9.65. The molecule has 1 fully saturated rings. The molecule has 1 amide bonds. The highest BCUT2D eigenvalue weighted by molar-refractivity contribution is 7.90. The summed E-state index contributed by atoms with van der Waals surface area (Å²) in [6.07, 6.45) is 6.47. The van der Waals surface area contributed by atoms with Gasteiger partial charge in [0.05, 0.1) is 12.4 Å². The molecule has 0 radical (unpaired) electrons. The number of amides is 1. The molecule has 2 N–H and O–H groups in total. The number of hydrogen-bond acceptors (Lipinski definition) is 9. The molecular weight excluding hydrogens is 496 g/mol. The zero-order valence-corrected chi connectivity index (χ0v) is 22.4. The van der Waals surface area contributed by atoms with Crippen LogP contribution in [0, 0.1) is 0 Å². The molecular formula is C25H34N6O5S. The van der Waals surface area contributed by atoms with Crippen LogP contribution in [0.2, 0.25) is 0 Å². The second-order valence-corrected chi connectivity index (χ2v) is 11.8. The predicted octanol–water partition coefficient (Wildman–Crippen LogP) is 2.31. The standard InChI is InChI=1S/C25H34N6O5S/c1-16(15-37(4,33)34)28-24(32)21-12-22(30-25(29-21)36-17(2)14-35-3)31-10-7-18(8-11-31)20-13-27-23-19(20)6-5-9-26-23/h5-6,9,12-13,16-18H,7-8,10-11,14-15H2,1-4H3,(H,26,27)(H,28,32)/t16?,17-/m1/s1. The Morgan fingerprint density at radius 3 is 2.73 bits per heavy atom. The van der Waals surface area contributed by atoms with Crippen molar-refractivity contribution in [2.24, 2.45) is 0 Å². The van der Waals surface area contributed by atoms with E-state index in [9.17, 15) is 13.2 Å². The number of fused-ring (bicyclic) bond motifs is 1. The van der Waals surface area contributed by atoms with E-state index < -0.39 is 21.8 Å². The average Bonchev–Trinajstić information content (AvgIpc) is 3.27. The summed E-state index contributed by atoms with van der Waals surface area (Å²) < 4.78 is 34.2. The molecule has 0 saturated carbocycles. The molecule has 0 aromatic carbocycles. The third-order valence-corrected chi connectivity index (χ3v) is 7.41. The van der Waals surface area contributed by atoms with Gasteiger partial charge in [0.15, 0.2) is 0 Å². The van der Waals surface area contributed by atoms with E-state index in [0.717, 1.165) is 43.2 Å². The van der Waals surface area contributed by atoms with Gasteiger partial charge in [-0.3, -0.25) is 4.79 Å². The molecule has 0 spiro atoms. The number of pyridine rings is 1. The van der Waals surface area contributed by atoms with Crippen LogP contribution in [0.4, 0.5) is 5.82 Å². The first-order valence-electron chi connectivity index (χ1n) is 12.3. The molecule has 200 valence electrons. The van der Waals surface area contributed by atoms with Gasteiger partial charge >= 0.3 is 6.01 Å². The molecule has 3 aromatic rings. The average molecular weight is 531 g/mol. The lowest BCUT2D eigenvalue weighted by Crippen LogP contribution is -2.38. The topological polar surface area (TPSA) is 139 Å². The molecule has 11 nitrogen and oxygen atoms in total. The second kappa shape index (κ2) is 11.4. The summed E-state index contributed by atoms with van der Waals surface area (Å²) in [5, 5.41) is 3.86. The van der Waals surface area contributed by atoms with Crippen molar-refractivity contribution in [3.05, 3.63) is 41.9 Å². The van der Waals surface area contributed by atoms with Gasteiger partial charge in [-0.15, -0.1) is 0 Å². The zero-order chi connectivity index (χ0) is 26.6. The Balaban J connectivity index is 1.52. The smallest absolute Gasteiger partial charge is 0.319 e. The monoisotopic (exact) mass is 530 g/mol. The maximum absolute atomic E-state index is 13.0. The Morgan fingerprint density at radius 1 is 1.27 bits per heavy atom. The van der Waals surface area contributed by atoms with E-state index >= 15 is 0 Å². The number of hydrogen-bond donors (Lipinski definition) is 2. The number of piperidine rings is 1. The third-order valence-electron chi connectivity index (χ3n) is 6.30. The Kier molecular flexibility index (Phi) is 8.28. The van der Waals surface area contributed by atoms with E-state index in [0.29, 0.717) is 18.3 Å². The number of carbonyl (C=O) groups is 1. The molecule has 1 unspecified atom stereocenters. The number of rotatable bonds is 10.